The van der Waals surface area contributed by atoms with Gasteiger partial charge in [0.05, 0.1) is 12.3 Å². The van der Waals surface area contributed by atoms with Crippen LogP contribution in [0, 0.1) is 5.92 Å². The number of benzene rings is 1. The first-order valence-electron chi connectivity index (χ1n) is 9.09. The number of nitrogens with one attached hydrogen (secondary N) is 1. The largest absolute Gasteiger partial charge is 0.385 e. The van der Waals surface area contributed by atoms with Crippen molar-refractivity contribution >= 4 is 23.3 Å². The highest BCUT2D eigenvalue weighted by Gasteiger charge is 2.31. The maximum absolute atomic E-state index is 12.6. The lowest BCUT2D eigenvalue weighted by Gasteiger charge is -2.24. The Kier molecular flexibility index (Phi) is 6.32. The minimum absolute atomic E-state index is 0.0849. The van der Waals surface area contributed by atoms with Crippen molar-refractivity contribution in [1.29, 1.82) is 0 Å². The molecule has 1 saturated carbocycles. The molecule has 0 radical (unpaired) electrons. The molecule has 1 fully saturated rings. The highest BCUT2D eigenvalue weighted by molar-refractivity contribution is 6.30. The molecule has 0 aromatic heterocycles. The number of hydrogen-bond acceptors (Lipinski definition) is 3. The Morgan fingerprint density at radius 2 is 2.00 bits per heavy atom. The van der Waals surface area contributed by atoms with Crippen LogP contribution in [0.15, 0.2) is 29.4 Å². The standard InChI is InChI=1S/C19H26ClN3O2/c1-25-12-11-15-13-23(19(24)21-17-5-3-2-4-6-17)22-18(15)14-7-9-16(20)10-8-14/h7-10,15,17H,2-6,11-13H2,1H3,(H,21,24). The van der Waals surface area contributed by atoms with Gasteiger partial charge >= 0.3 is 6.03 Å². The van der Waals surface area contributed by atoms with Crippen LogP contribution in [-0.2, 0) is 4.74 Å². The van der Waals surface area contributed by atoms with Crippen molar-refractivity contribution in [3.05, 3.63) is 34.9 Å². The molecule has 25 heavy (non-hydrogen) atoms. The van der Waals surface area contributed by atoms with Gasteiger partial charge in [0.2, 0.25) is 0 Å². The van der Waals surface area contributed by atoms with Gasteiger partial charge in [-0.15, -0.1) is 0 Å². The Labute approximate surface area is 154 Å². The molecule has 1 unspecified atom stereocenters. The van der Waals surface area contributed by atoms with Crippen molar-refractivity contribution in [3.63, 3.8) is 0 Å². The molecular formula is C19H26ClN3O2. The second kappa shape index (κ2) is 8.68. The summed E-state index contributed by atoms with van der Waals surface area (Å²) in [5.74, 6) is 0.179. The Morgan fingerprint density at radius 1 is 1.28 bits per heavy atom. The van der Waals surface area contributed by atoms with E-state index in [0.29, 0.717) is 18.2 Å². The van der Waals surface area contributed by atoms with Crippen molar-refractivity contribution < 1.29 is 9.53 Å². The molecule has 1 N–H and O–H groups in total. The Morgan fingerprint density at radius 3 is 2.68 bits per heavy atom. The molecular weight excluding hydrogens is 338 g/mol. The highest BCUT2D eigenvalue weighted by Crippen LogP contribution is 2.24. The van der Waals surface area contributed by atoms with Gasteiger partial charge in [-0.2, -0.15) is 5.10 Å². The minimum atomic E-state index is -0.0849. The molecule has 1 aromatic rings. The lowest BCUT2D eigenvalue weighted by molar-refractivity contribution is 0.174. The van der Waals surface area contributed by atoms with Gasteiger partial charge in [0.25, 0.3) is 0 Å². The predicted molar refractivity (Wildman–Crippen MR) is 100 cm³/mol. The van der Waals surface area contributed by atoms with E-state index >= 15 is 0 Å². The monoisotopic (exact) mass is 363 g/mol. The first-order chi connectivity index (χ1) is 12.2. The number of carbonyl (C=O) groups excluding carboxylic acids is 1. The van der Waals surface area contributed by atoms with E-state index < -0.39 is 0 Å². The number of nitrogens with zero attached hydrogens (tertiary/aromatic N) is 2. The summed E-state index contributed by atoms with van der Waals surface area (Å²) < 4.78 is 5.23. The lowest BCUT2D eigenvalue weighted by atomic mass is 9.95. The molecule has 3 rings (SSSR count). The molecule has 136 valence electrons. The first-order valence-corrected chi connectivity index (χ1v) is 9.46. The van der Waals surface area contributed by atoms with Crippen LogP contribution in [0.2, 0.25) is 5.02 Å². The number of rotatable bonds is 5. The molecule has 0 saturated heterocycles. The number of hydrogen-bond donors (Lipinski definition) is 1. The number of halogens is 1. The van der Waals surface area contributed by atoms with Crippen molar-refractivity contribution in [2.45, 2.75) is 44.6 Å². The van der Waals surface area contributed by atoms with Gasteiger partial charge in [-0.05, 0) is 37.0 Å². The summed E-state index contributed by atoms with van der Waals surface area (Å²) >= 11 is 5.99. The van der Waals surface area contributed by atoms with Gasteiger partial charge in [0.1, 0.15) is 0 Å². The second-order valence-corrected chi connectivity index (χ2v) is 7.27. The molecule has 6 heteroatoms. The van der Waals surface area contributed by atoms with E-state index in [1.807, 2.05) is 24.3 Å². The lowest BCUT2D eigenvalue weighted by Crippen LogP contribution is -2.43. The summed E-state index contributed by atoms with van der Waals surface area (Å²) in [6.07, 6.45) is 6.64. The van der Waals surface area contributed by atoms with E-state index in [4.69, 9.17) is 16.3 Å². The van der Waals surface area contributed by atoms with Gasteiger partial charge in [-0.25, -0.2) is 9.80 Å². The fourth-order valence-corrected chi connectivity index (χ4v) is 3.70. The topological polar surface area (TPSA) is 53.9 Å². The molecule has 0 bridgehead atoms. The van der Waals surface area contributed by atoms with E-state index in [-0.39, 0.29) is 18.0 Å². The smallest absolute Gasteiger partial charge is 0.338 e. The van der Waals surface area contributed by atoms with E-state index in [1.54, 1.807) is 12.1 Å². The zero-order valence-electron chi connectivity index (χ0n) is 14.7. The molecule has 5 nitrogen and oxygen atoms in total. The fourth-order valence-electron chi connectivity index (χ4n) is 3.57. The van der Waals surface area contributed by atoms with Crippen molar-refractivity contribution in [1.82, 2.24) is 10.3 Å². The fraction of sp³-hybridized carbons (Fsp3) is 0.579. The SMILES string of the molecule is COCCC1CN(C(=O)NC2CCCCC2)N=C1c1ccc(Cl)cc1. The second-order valence-electron chi connectivity index (χ2n) is 6.84. The number of carbonyl (C=O) groups is 1. The minimum Gasteiger partial charge on any atom is -0.385 e. The van der Waals surface area contributed by atoms with Gasteiger partial charge in [-0.1, -0.05) is 43.0 Å². The molecule has 1 aliphatic heterocycles. The van der Waals surface area contributed by atoms with Crippen LogP contribution in [0.3, 0.4) is 0 Å². The average molecular weight is 364 g/mol. The molecule has 1 heterocycles. The Hall–Kier alpha value is -1.59. The van der Waals surface area contributed by atoms with Crippen LogP contribution in [0.1, 0.15) is 44.1 Å². The average Bonchev–Trinajstić information content (AvgIpc) is 3.06. The van der Waals surface area contributed by atoms with Gasteiger partial charge in [0.15, 0.2) is 0 Å². The molecule has 2 aliphatic rings. The molecule has 0 spiro atoms. The number of hydrazone groups is 1. The molecule has 2 amide bonds. The summed E-state index contributed by atoms with van der Waals surface area (Å²) in [6.45, 7) is 1.25. The van der Waals surface area contributed by atoms with Gasteiger partial charge < -0.3 is 10.1 Å². The maximum Gasteiger partial charge on any atom is 0.338 e. The van der Waals surface area contributed by atoms with Crippen LogP contribution >= 0.6 is 11.6 Å². The van der Waals surface area contributed by atoms with Crippen LogP contribution in [0.4, 0.5) is 4.79 Å². The quantitative estimate of drug-likeness (QED) is 0.857. The third kappa shape index (κ3) is 4.73. The molecule has 1 aliphatic carbocycles. The number of amides is 2. The first kappa shape index (κ1) is 18.2. The third-order valence-electron chi connectivity index (χ3n) is 4.99. The van der Waals surface area contributed by atoms with Crippen molar-refractivity contribution in [2.75, 3.05) is 20.3 Å². The maximum atomic E-state index is 12.6. The normalized spacial score (nSPS) is 21.3. The van der Waals surface area contributed by atoms with Crippen LogP contribution < -0.4 is 5.32 Å². The van der Waals surface area contributed by atoms with E-state index in [9.17, 15) is 4.79 Å². The van der Waals surface area contributed by atoms with E-state index in [2.05, 4.69) is 10.4 Å². The number of ether oxygens (including phenoxy) is 1. The van der Waals surface area contributed by atoms with Gasteiger partial charge in [-0.3, -0.25) is 0 Å². The van der Waals surface area contributed by atoms with Crippen molar-refractivity contribution in [3.8, 4) is 0 Å². The van der Waals surface area contributed by atoms with Crippen LogP contribution in [0.25, 0.3) is 0 Å². The summed E-state index contributed by atoms with van der Waals surface area (Å²) in [7, 11) is 1.70. The molecule has 1 atom stereocenters. The summed E-state index contributed by atoms with van der Waals surface area (Å²) in [5.41, 5.74) is 1.95. The zero-order chi connectivity index (χ0) is 17.6. The Balaban J connectivity index is 1.71. The van der Waals surface area contributed by atoms with Crippen molar-refractivity contribution in [2.24, 2.45) is 11.0 Å². The number of urea groups is 1. The van der Waals surface area contributed by atoms with E-state index in [1.165, 1.54) is 19.3 Å². The highest BCUT2D eigenvalue weighted by atomic mass is 35.5. The summed E-state index contributed by atoms with van der Waals surface area (Å²) in [6, 6.07) is 7.84. The van der Waals surface area contributed by atoms with Crippen LogP contribution in [-0.4, -0.2) is 43.1 Å². The van der Waals surface area contributed by atoms with Gasteiger partial charge in [0, 0.05) is 30.7 Å². The third-order valence-corrected chi connectivity index (χ3v) is 5.24. The predicted octanol–water partition coefficient (Wildman–Crippen LogP) is 4.05. The van der Waals surface area contributed by atoms with E-state index in [0.717, 1.165) is 30.5 Å². The Bertz CT molecular complexity index is 612. The van der Waals surface area contributed by atoms with Crippen LogP contribution in [0.5, 0.6) is 0 Å². The molecule has 1 aromatic carbocycles. The summed E-state index contributed by atoms with van der Waals surface area (Å²) in [4.78, 5) is 12.6. The zero-order valence-corrected chi connectivity index (χ0v) is 15.5. The summed E-state index contributed by atoms with van der Waals surface area (Å²) in [5, 5.41) is 10.1. The number of methoxy groups -OCH3 is 1.